The van der Waals surface area contributed by atoms with Crippen molar-refractivity contribution in [1.29, 1.82) is 0 Å². The number of fused-ring (bicyclic) bond motifs is 1. The molecule has 4 heteroatoms. The van der Waals surface area contributed by atoms with Gasteiger partial charge in [0.1, 0.15) is 0 Å². The minimum absolute atomic E-state index is 0.00264. The van der Waals surface area contributed by atoms with Crippen molar-refractivity contribution in [3.63, 3.8) is 0 Å². The molecule has 2 atom stereocenters. The first kappa shape index (κ1) is 13.9. The number of benzene rings is 1. The summed E-state index contributed by atoms with van der Waals surface area (Å²) in [6.45, 7) is 4.79. The van der Waals surface area contributed by atoms with Crippen molar-refractivity contribution in [1.82, 2.24) is 5.32 Å². The van der Waals surface area contributed by atoms with Gasteiger partial charge >= 0.3 is 0 Å². The molecule has 2 unspecified atom stereocenters. The molecule has 1 aromatic carbocycles. The van der Waals surface area contributed by atoms with E-state index in [1.807, 2.05) is 24.3 Å². The maximum absolute atomic E-state index is 12.3. The van der Waals surface area contributed by atoms with Crippen molar-refractivity contribution in [2.75, 3.05) is 18.5 Å². The lowest BCUT2D eigenvalue weighted by molar-refractivity contribution is -0.123. The molecule has 0 saturated heterocycles. The van der Waals surface area contributed by atoms with Crippen LogP contribution in [0.1, 0.15) is 31.7 Å². The molecule has 1 aliphatic rings. The van der Waals surface area contributed by atoms with Gasteiger partial charge in [0.2, 0.25) is 5.91 Å². The van der Waals surface area contributed by atoms with Gasteiger partial charge in [-0.15, -0.1) is 0 Å². The quantitative estimate of drug-likeness (QED) is 0.757. The van der Waals surface area contributed by atoms with Crippen LogP contribution in [0.25, 0.3) is 0 Å². The van der Waals surface area contributed by atoms with Gasteiger partial charge in [-0.1, -0.05) is 32.0 Å². The van der Waals surface area contributed by atoms with Gasteiger partial charge in [0.15, 0.2) is 0 Å². The summed E-state index contributed by atoms with van der Waals surface area (Å²) in [5.41, 5.74) is 2.08. The second kappa shape index (κ2) is 6.06. The smallest absolute Gasteiger partial charge is 0.229 e. The van der Waals surface area contributed by atoms with E-state index in [0.29, 0.717) is 12.5 Å². The fourth-order valence-electron chi connectivity index (χ4n) is 2.57. The summed E-state index contributed by atoms with van der Waals surface area (Å²) in [6.07, 6.45) is 0.796. The number of carbonyl (C=O) groups is 1. The molecule has 104 valence electrons. The number of hydrogen-bond donors (Lipinski definition) is 3. The molecule has 1 aromatic rings. The van der Waals surface area contributed by atoms with Crippen LogP contribution in [-0.4, -0.2) is 30.2 Å². The van der Waals surface area contributed by atoms with E-state index in [4.69, 9.17) is 0 Å². The fourth-order valence-corrected chi connectivity index (χ4v) is 2.57. The van der Waals surface area contributed by atoms with Gasteiger partial charge in [0.05, 0.1) is 18.6 Å². The van der Waals surface area contributed by atoms with Crippen molar-refractivity contribution in [2.45, 2.75) is 32.2 Å². The molecule has 4 nitrogen and oxygen atoms in total. The van der Waals surface area contributed by atoms with Crippen LogP contribution in [0.4, 0.5) is 5.69 Å². The molecule has 1 heterocycles. The van der Waals surface area contributed by atoms with Gasteiger partial charge in [-0.2, -0.15) is 0 Å². The molecule has 0 saturated carbocycles. The van der Waals surface area contributed by atoms with Crippen molar-refractivity contribution in [2.24, 2.45) is 5.92 Å². The van der Waals surface area contributed by atoms with Gasteiger partial charge in [0, 0.05) is 12.2 Å². The largest absolute Gasteiger partial charge is 0.394 e. The number of amides is 1. The zero-order valence-electron chi connectivity index (χ0n) is 11.5. The zero-order valence-corrected chi connectivity index (χ0v) is 11.5. The fraction of sp³-hybridized carbons (Fsp3) is 0.533. The average Bonchev–Trinajstić information content (AvgIpc) is 2.81. The molecular weight excluding hydrogens is 240 g/mol. The summed E-state index contributed by atoms with van der Waals surface area (Å²) in [6, 6.07) is 7.72. The summed E-state index contributed by atoms with van der Waals surface area (Å²) in [4.78, 5) is 12.3. The lowest BCUT2D eigenvalue weighted by Crippen LogP contribution is -2.41. The predicted octanol–water partition coefficient (Wildman–Crippen LogP) is 1.72. The molecule has 1 aliphatic heterocycles. The molecule has 1 amide bonds. The Hall–Kier alpha value is -1.55. The van der Waals surface area contributed by atoms with E-state index in [9.17, 15) is 9.90 Å². The number of aliphatic hydroxyl groups is 1. The third-order valence-corrected chi connectivity index (χ3v) is 3.47. The molecule has 0 aliphatic carbocycles. The van der Waals surface area contributed by atoms with Crippen LogP contribution in [-0.2, 0) is 4.79 Å². The number of rotatable bonds is 5. The van der Waals surface area contributed by atoms with E-state index in [-0.39, 0.29) is 24.5 Å². The minimum Gasteiger partial charge on any atom is -0.394 e. The zero-order chi connectivity index (χ0) is 13.8. The molecule has 0 fully saturated rings. The Kier molecular flexibility index (Phi) is 4.43. The van der Waals surface area contributed by atoms with Crippen molar-refractivity contribution in [3.8, 4) is 0 Å². The molecule has 3 N–H and O–H groups in total. The Labute approximate surface area is 114 Å². The third kappa shape index (κ3) is 3.26. The Morgan fingerprint density at radius 3 is 2.89 bits per heavy atom. The standard InChI is InChI=1S/C15H22N2O2/c1-10(2)7-11(9-18)17-15(19)13-8-16-14-6-4-3-5-12(13)14/h3-6,10-11,13,16,18H,7-9H2,1-2H3,(H,17,19). The molecule has 2 rings (SSSR count). The lowest BCUT2D eigenvalue weighted by Gasteiger charge is -2.20. The highest BCUT2D eigenvalue weighted by atomic mass is 16.3. The summed E-state index contributed by atoms with van der Waals surface area (Å²) < 4.78 is 0. The highest BCUT2D eigenvalue weighted by Gasteiger charge is 2.29. The predicted molar refractivity (Wildman–Crippen MR) is 76.1 cm³/mol. The highest BCUT2D eigenvalue weighted by Crippen LogP contribution is 2.31. The number of nitrogens with one attached hydrogen (secondary N) is 2. The van der Waals surface area contributed by atoms with E-state index in [1.165, 1.54) is 0 Å². The average molecular weight is 262 g/mol. The maximum Gasteiger partial charge on any atom is 0.229 e. The minimum atomic E-state index is -0.155. The molecule has 0 bridgehead atoms. The molecule has 19 heavy (non-hydrogen) atoms. The van der Waals surface area contributed by atoms with Crippen LogP contribution in [0.15, 0.2) is 24.3 Å². The van der Waals surface area contributed by atoms with E-state index in [2.05, 4.69) is 24.5 Å². The Morgan fingerprint density at radius 1 is 1.47 bits per heavy atom. The number of anilines is 1. The SMILES string of the molecule is CC(C)CC(CO)NC(=O)C1CNc2ccccc21. The lowest BCUT2D eigenvalue weighted by atomic mass is 9.99. The van der Waals surface area contributed by atoms with Crippen molar-refractivity contribution >= 4 is 11.6 Å². The van der Waals surface area contributed by atoms with E-state index in [1.54, 1.807) is 0 Å². The highest BCUT2D eigenvalue weighted by molar-refractivity contribution is 5.88. The van der Waals surface area contributed by atoms with Gasteiger partial charge < -0.3 is 15.7 Å². The second-order valence-corrected chi connectivity index (χ2v) is 5.54. The van der Waals surface area contributed by atoms with Crippen molar-refractivity contribution in [3.05, 3.63) is 29.8 Å². The van der Waals surface area contributed by atoms with Crippen LogP contribution >= 0.6 is 0 Å². The molecule has 0 spiro atoms. The summed E-state index contributed by atoms with van der Waals surface area (Å²) in [5, 5.41) is 15.5. The second-order valence-electron chi connectivity index (χ2n) is 5.54. The summed E-state index contributed by atoms with van der Waals surface area (Å²) >= 11 is 0. The first-order valence-electron chi connectivity index (χ1n) is 6.85. The first-order chi connectivity index (χ1) is 9.11. The Balaban J connectivity index is 2.01. The van der Waals surface area contributed by atoms with Crippen LogP contribution in [0.5, 0.6) is 0 Å². The molecule has 0 aromatic heterocycles. The van der Waals surface area contributed by atoms with Gasteiger partial charge in [0.25, 0.3) is 0 Å². The number of para-hydroxylation sites is 1. The maximum atomic E-state index is 12.3. The first-order valence-corrected chi connectivity index (χ1v) is 6.85. The van der Waals surface area contributed by atoms with Crippen LogP contribution in [0.3, 0.4) is 0 Å². The number of aliphatic hydroxyl groups excluding tert-OH is 1. The van der Waals surface area contributed by atoms with Crippen LogP contribution in [0, 0.1) is 5.92 Å². The van der Waals surface area contributed by atoms with Gasteiger partial charge in [-0.25, -0.2) is 0 Å². The summed E-state index contributed by atoms with van der Waals surface area (Å²) in [5.74, 6) is 0.293. The number of hydrogen-bond acceptors (Lipinski definition) is 3. The Bertz CT molecular complexity index is 446. The molecular formula is C15H22N2O2. The monoisotopic (exact) mass is 262 g/mol. The Morgan fingerprint density at radius 2 is 2.21 bits per heavy atom. The van der Waals surface area contributed by atoms with E-state index in [0.717, 1.165) is 17.7 Å². The van der Waals surface area contributed by atoms with E-state index >= 15 is 0 Å². The summed E-state index contributed by atoms with van der Waals surface area (Å²) in [7, 11) is 0. The normalized spacial score (nSPS) is 18.8. The van der Waals surface area contributed by atoms with Crippen molar-refractivity contribution < 1.29 is 9.90 Å². The topological polar surface area (TPSA) is 61.4 Å². The van der Waals surface area contributed by atoms with Crippen LogP contribution < -0.4 is 10.6 Å². The van der Waals surface area contributed by atoms with E-state index < -0.39 is 0 Å². The van der Waals surface area contributed by atoms with Crippen LogP contribution in [0.2, 0.25) is 0 Å². The van der Waals surface area contributed by atoms with Gasteiger partial charge in [-0.05, 0) is 24.0 Å². The number of carbonyl (C=O) groups excluding carboxylic acids is 1. The van der Waals surface area contributed by atoms with Gasteiger partial charge in [-0.3, -0.25) is 4.79 Å². The molecule has 0 radical (unpaired) electrons. The third-order valence-electron chi connectivity index (χ3n) is 3.47.